The van der Waals surface area contributed by atoms with E-state index in [4.69, 9.17) is 0 Å². The van der Waals surface area contributed by atoms with Crippen molar-refractivity contribution < 1.29 is 0 Å². The van der Waals surface area contributed by atoms with Gasteiger partial charge < -0.3 is 5.32 Å². The lowest BCUT2D eigenvalue weighted by molar-refractivity contribution is 0.747. The van der Waals surface area contributed by atoms with Gasteiger partial charge in [-0.05, 0) is 24.1 Å². The standard InChI is InChI=1S/C14H19N3/c1-3-6-12-7-4-5-8-14(12)15-11-13-9-10-17(2)16-13/h4-5,7-10,15H,3,6,11H2,1-2H3. The van der Waals surface area contributed by atoms with E-state index in [1.165, 1.54) is 17.7 Å². The lowest BCUT2D eigenvalue weighted by Crippen LogP contribution is -2.03. The predicted molar refractivity (Wildman–Crippen MR) is 71.0 cm³/mol. The van der Waals surface area contributed by atoms with Crippen molar-refractivity contribution in [3.8, 4) is 0 Å². The molecule has 3 heteroatoms. The van der Waals surface area contributed by atoms with E-state index in [9.17, 15) is 0 Å². The van der Waals surface area contributed by atoms with E-state index in [1.54, 1.807) is 0 Å². The fourth-order valence-electron chi connectivity index (χ4n) is 1.92. The van der Waals surface area contributed by atoms with E-state index in [1.807, 2.05) is 24.0 Å². The minimum Gasteiger partial charge on any atom is -0.379 e. The van der Waals surface area contributed by atoms with E-state index < -0.39 is 0 Å². The summed E-state index contributed by atoms with van der Waals surface area (Å²) in [5.41, 5.74) is 3.67. The molecular weight excluding hydrogens is 210 g/mol. The van der Waals surface area contributed by atoms with Gasteiger partial charge in [-0.25, -0.2) is 0 Å². The van der Waals surface area contributed by atoms with Crippen molar-refractivity contribution in [3.63, 3.8) is 0 Å². The van der Waals surface area contributed by atoms with Gasteiger partial charge >= 0.3 is 0 Å². The summed E-state index contributed by atoms with van der Waals surface area (Å²) in [6.07, 6.45) is 4.25. The molecule has 1 heterocycles. The Labute approximate surface area is 102 Å². The molecule has 0 aliphatic carbocycles. The maximum atomic E-state index is 4.36. The molecule has 0 saturated carbocycles. The fraction of sp³-hybridized carbons (Fsp3) is 0.357. The van der Waals surface area contributed by atoms with Gasteiger partial charge in [0.05, 0.1) is 12.2 Å². The highest BCUT2D eigenvalue weighted by atomic mass is 15.3. The maximum Gasteiger partial charge on any atom is 0.0815 e. The highest BCUT2D eigenvalue weighted by Gasteiger charge is 2.01. The highest BCUT2D eigenvalue weighted by molar-refractivity contribution is 5.51. The van der Waals surface area contributed by atoms with Crippen LogP contribution in [0.15, 0.2) is 36.5 Å². The molecule has 2 aromatic rings. The molecule has 90 valence electrons. The first kappa shape index (κ1) is 11.7. The van der Waals surface area contributed by atoms with E-state index in [-0.39, 0.29) is 0 Å². The molecule has 1 aromatic carbocycles. The average molecular weight is 229 g/mol. The summed E-state index contributed by atoms with van der Waals surface area (Å²) in [6, 6.07) is 10.5. The van der Waals surface area contributed by atoms with E-state index in [2.05, 4.69) is 41.6 Å². The van der Waals surface area contributed by atoms with Gasteiger partial charge in [-0.2, -0.15) is 5.10 Å². The first-order chi connectivity index (χ1) is 8.29. The van der Waals surface area contributed by atoms with Crippen molar-refractivity contribution >= 4 is 5.69 Å². The van der Waals surface area contributed by atoms with Gasteiger partial charge in [0.15, 0.2) is 0 Å². The van der Waals surface area contributed by atoms with Crippen LogP contribution in [-0.2, 0) is 20.0 Å². The molecule has 0 unspecified atom stereocenters. The topological polar surface area (TPSA) is 29.9 Å². The van der Waals surface area contributed by atoms with Crippen LogP contribution in [0.25, 0.3) is 0 Å². The molecule has 1 N–H and O–H groups in total. The summed E-state index contributed by atoms with van der Waals surface area (Å²) in [5, 5.41) is 7.81. The monoisotopic (exact) mass is 229 g/mol. The predicted octanol–water partition coefficient (Wildman–Crippen LogP) is 2.98. The summed E-state index contributed by atoms with van der Waals surface area (Å²) >= 11 is 0. The van der Waals surface area contributed by atoms with Crippen LogP contribution in [0.2, 0.25) is 0 Å². The lowest BCUT2D eigenvalue weighted by Gasteiger charge is -2.10. The number of para-hydroxylation sites is 1. The second-order valence-electron chi connectivity index (χ2n) is 4.24. The van der Waals surface area contributed by atoms with Crippen LogP contribution in [0, 0.1) is 0 Å². The molecule has 0 spiro atoms. The largest absolute Gasteiger partial charge is 0.379 e. The Morgan fingerprint density at radius 1 is 1.24 bits per heavy atom. The van der Waals surface area contributed by atoms with Gasteiger partial charge in [-0.1, -0.05) is 31.5 Å². The number of aromatic nitrogens is 2. The van der Waals surface area contributed by atoms with Crippen molar-refractivity contribution in [2.45, 2.75) is 26.3 Å². The molecule has 3 nitrogen and oxygen atoms in total. The van der Waals surface area contributed by atoms with Crippen LogP contribution in [0.5, 0.6) is 0 Å². The number of aryl methyl sites for hydroxylation is 2. The van der Waals surface area contributed by atoms with Gasteiger partial charge in [0, 0.05) is 18.9 Å². The summed E-state index contributed by atoms with van der Waals surface area (Å²) in [4.78, 5) is 0. The fourth-order valence-corrected chi connectivity index (χ4v) is 1.92. The number of rotatable bonds is 5. The van der Waals surface area contributed by atoms with Crippen molar-refractivity contribution in [1.82, 2.24) is 9.78 Å². The van der Waals surface area contributed by atoms with Crippen LogP contribution < -0.4 is 5.32 Å². The Balaban J connectivity index is 2.03. The van der Waals surface area contributed by atoms with E-state index >= 15 is 0 Å². The molecule has 0 atom stereocenters. The molecule has 0 fully saturated rings. The summed E-state index contributed by atoms with van der Waals surface area (Å²) < 4.78 is 1.83. The van der Waals surface area contributed by atoms with Crippen LogP contribution in [0.4, 0.5) is 5.69 Å². The van der Waals surface area contributed by atoms with Gasteiger partial charge in [-0.3, -0.25) is 4.68 Å². The highest BCUT2D eigenvalue weighted by Crippen LogP contribution is 2.17. The number of benzene rings is 1. The van der Waals surface area contributed by atoms with Crippen molar-refractivity contribution in [2.75, 3.05) is 5.32 Å². The average Bonchev–Trinajstić information content (AvgIpc) is 2.74. The molecular formula is C14H19N3. The molecule has 0 aliphatic heterocycles. The van der Waals surface area contributed by atoms with Crippen LogP contribution in [0.3, 0.4) is 0 Å². The van der Waals surface area contributed by atoms with Crippen molar-refractivity contribution in [1.29, 1.82) is 0 Å². The number of hydrogen-bond donors (Lipinski definition) is 1. The zero-order valence-electron chi connectivity index (χ0n) is 10.5. The number of nitrogens with one attached hydrogen (secondary N) is 1. The molecule has 0 radical (unpaired) electrons. The molecule has 0 bridgehead atoms. The number of nitrogens with zero attached hydrogens (tertiary/aromatic N) is 2. The Morgan fingerprint density at radius 2 is 2.06 bits per heavy atom. The van der Waals surface area contributed by atoms with Gasteiger partial charge in [0.2, 0.25) is 0 Å². The Morgan fingerprint density at radius 3 is 2.76 bits per heavy atom. The van der Waals surface area contributed by atoms with E-state index in [0.29, 0.717) is 0 Å². The normalized spacial score (nSPS) is 10.5. The first-order valence-electron chi connectivity index (χ1n) is 6.10. The number of anilines is 1. The minimum absolute atomic E-state index is 0.779. The number of hydrogen-bond acceptors (Lipinski definition) is 2. The SMILES string of the molecule is CCCc1ccccc1NCc1ccn(C)n1. The van der Waals surface area contributed by atoms with Crippen LogP contribution in [0.1, 0.15) is 24.6 Å². The molecule has 0 aliphatic rings. The third-order valence-electron chi connectivity index (χ3n) is 2.77. The minimum atomic E-state index is 0.779. The second-order valence-corrected chi connectivity index (χ2v) is 4.24. The smallest absolute Gasteiger partial charge is 0.0815 e. The molecule has 17 heavy (non-hydrogen) atoms. The molecule has 0 saturated heterocycles. The van der Waals surface area contributed by atoms with Crippen molar-refractivity contribution in [3.05, 3.63) is 47.8 Å². The third kappa shape index (κ3) is 3.09. The molecule has 1 aromatic heterocycles. The summed E-state index contributed by atoms with van der Waals surface area (Å²) in [5.74, 6) is 0. The second kappa shape index (κ2) is 5.53. The van der Waals surface area contributed by atoms with Crippen LogP contribution in [-0.4, -0.2) is 9.78 Å². The first-order valence-corrected chi connectivity index (χ1v) is 6.10. The van der Waals surface area contributed by atoms with Crippen molar-refractivity contribution in [2.24, 2.45) is 7.05 Å². The zero-order chi connectivity index (χ0) is 12.1. The Bertz CT molecular complexity index is 474. The third-order valence-corrected chi connectivity index (χ3v) is 2.77. The van der Waals surface area contributed by atoms with Gasteiger partial charge in [-0.15, -0.1) is 0 Å². The van der Waals surface area contributed by atoms with Gasteiger partial charge in [0.1, 0.15) is 0 Å². The van der Waals surface area contributed by atoms with Crippen LogP contribution >= 0.6 is 0 Å². The Kier molecular flexibility index (Phi) is 3.81. The van der Waals surface area contributed by atoms with Gasteiger partial charge in [0.25, 0.3) is 0 Å². The van der Waals surface area contributed by atoms with E-state index in [0.717, 1.165) is 18.7 Å². The molecule has 0 amide bonds. The summed E-state index contributed by atoms with van der Waals surface area (Å²) in [7, 11) is 1.94. The zero-order valence-corrected chi connectivity index (χ0v) is 10.5. The quantitative estimate of drug-likeness (QED) is 0.854. The molecule has 2 rings (SSSR count). The Hall–Kier alpha value is -1.77. The maximum absolute atomic E-state index is 4.36. The lowest BCUT2D eigenvalue weighted by atomic mass is 10.1. The summed E-state index contributed by atoms with van der Waals surface area (Å²) in [6.45, 7) is 2.98.